The quantitative estimate of drug-likeness (QED) is 0.419. The van der Waals surface area contributed by atoms with Crippen molar-refractivity contribution in [1.29, 1.82) is 0 Å². The number of nitrogens with one attached hydrogen (secondary N) is 1. The molecular weight excluding hydrogens is 433 g/mol. The highest BCUT2D eigenvalue weighted by Gasteiger charge is 2.35. The van der Waals surface area contributed by atoms with Crippen LogP contribution in [0.15, 0.2) is 46.4 Å². The average molecular weight is 449 g/mol. The molecule has 0 bridgehead atoms. The molecule has 7 N–H and O–H groups in total. The molecule has 0 aliphatic carbocycles. The van der Waals surface area contributed by atoms with Crippen LogP contribution >= 0.6 is 11.6 Å². The van der Waals surface area contributed by atoms with Gasteiger partial charge in [-0.15, -0.1) is 0 Å². The van der Waals surface area contributed by atoms with Crippen molar-refractivity contribution in [3.63, 3.8) is 0 Å². The van der Waals surface area contributed by atoms with Gasteiger partial charge in [0.05, 0.1) is 22.5 Å². The van der Waals surface area contributed by atoms with Gasteiger partial charge in [-0.2, -0.15) is 18.2 Å². The maximum absolute atomic E-state index is 13.7. The van der Waals surface area contributed by atoms with Crippen LogP contribution in [0, 0.1) is 0 Å². The average Bonchev–Trinajstić information content (AvgIpc) is 2.51. The van der Waals surface area contributed by atoms with Crippen LogP contribution in [-0.2, 0) is 16.2 Å². The summed E-state index contributed by atoms with van der Waals surface area (Å²) in [4.78, 5) is 7.14. The Morgan fingerprint density at radius 2 is 1.79 bits per heavy atom. The van der Waals surface area contributed by atoms with E-state index in [-0.39, 0.29) is 27.5 Å². The van der Waals surface area contributed by atoms with Crippen LogP contribution in [0.3, 0.4) is 0 Å². The lowest BCUT2D eigenvalue weighted by Gasteiger charge is -2.16. The third kappa shape index (κ3) is 6.26. The van der Waals surface area contributed by atoms with Crippen molar-refractivity contribution in [3.05, 3.63) is 47.0 Å². The van der Waals surface area contributed by atoms with Crippen LogP contribution in [0.4, 0.5) is 24.5 Å². The predicted molar refractivity (Wildman–Crippen MR) is 107 cm³/mol. The van der Waals surface area contributed by atoms with Gasteiger partial charge in [-0.25, -0.2) is 13.4 Å². The van der Waals surface area contributed by atoms with E-state index in [4.69, 9.17) is 28.8 Å². The lowest BCUT2D eigenvalue weighted by atomic mass is 9.98. The topological polar surface area (TPSA) is 149 Å². The molecule has 0 saturated carbocycles. The zero-order valence-electron chi connectivity index (χ0n) is 14.8. The van der Waals surface area contributed by atoms with Crippen molar-refractivity contribution in [3.8, 4) is 11.1 Å². The first-order valence-corrected chi connectivity index (χ1v) is 9.96. The van der Waals surface area contributed by atoms with Crippen LogP contribution in [0.2, 0.25) is 5.02 Å². The van der Waals surface area contributed by atoms with E-state index in [1.54, 1.807) is 0 Å². The van der Waals surface area contributed by atoms with E-state index in [9.17, 15) is 21.6 Å². The molecule has 0 fully saturated rings. The fourth-order valence-corrected chi connectivity index (χ4v) is 3.29. The van der Waals surface area contributed by atoms with Gasteiger partial charge in [0.2, 0.25) is 16.0 Å². The molecule has 0 atom stereocenters. The van der Waals surface area contributed by atoms with Crippen LogP contribution in [0.1, 0.15) is 5.56 Å². The van der Waals surface area contributed by atoms with Crippen molar-refractivity contribution in [2.75, 3.05) is 11.0 Å². The number of halogens is 4. The lowest BCUT2D eigenvalue weighted by molar-refractivity contribution is -0.137. The number of rotatable bonds is 4. The summed E-state index contributed by atoms with van der Waals surface area (Å²) in [6.07, 6.45) is -3.88. The van der Waals surface area contributed by atoms with E-state index in [2.05, 4.69) is 14.7 Å². The second-order valence-electron chi connectivity index (χ2n) is 5.81. The van der Waals surface area contributed by atoms with Gasteiger partial charge in [0.1, 0.15) is 0 Å². The molecule has 13 heteroatoms. The van der Waals surface area contributed by atoms with Crippen LogP contribution in [0.5, 0.6) is 0 Å². The number of sulfonamides is 1. The Labute approximate surface area is 169 Å². The predicted octanol–water partition coefficient (Wildman–Crippen LogP) is 2.62. The zero-order valence-corrected chi connectivity index (χ0v) is 16.4. The standard InChI is InChI=1S/C16H16ClF3N6O2S/c1-29(27,28)26-9-4-2-3-8(5-9)13-11(16(18,19)20)6-10(7-12(13)17)24-15(23)25-14(21)22/h2-7,26H,1H3,(H6,21,22,23,24,25). The molecule has 29 heavy (non-hydrogen) atoms. The van der Waals surface area contributed by atoms with Crippen LogP contribution in [-0.4, -0.2) is 26.6 Å². The van der Waals surface area contributed by atoms with Crippen molar-refractivity contribution >= 4 is 44.9 Å². The Balaban J connectivity index is 2.67. The molecule has 0 unspecified atom stereocenters. The van der Waals surface area contributed by atoms with Crippen LogP contribution in [0.25, 0.3) is 11.1 Å². The molecule has 2 aromatic rings. The molecule has 0 spiro atoms. The fourth-order valence-electron chi connectivity index (χ4n) is 2.42. The number of guanidine groups is 2. The molecule has 8 nitrogen and oxygen atoms in total. The molecule has 0 saturated heterocycles. The van der Waals surface area contributed by atoms with E-state index >= 15 is 0 Å². The molecule has 0 radical (unpaired) electrons. The van der Waals surface area contributed by atoms with Gasteiger partial charge in [0.25, 0.3) is 0 Å². The highest BCUT2D eigenvalue weighted by Crippen LogP contribution is 2.43. The Hall–Kier alpha value is -2.99. The summed E-state index contributed by atoms with van der Waals surface area (Å²) >= 11 is 6.12. The normalized spacial score (nSPS) is 12.5. The third-order valence-corrected chi connectivity index (χ3v) is 4.23. The summed E-state index contributed by atoms with van der Waals surface area (Å²) in [6.45, 7) is 0. The minimum Gasteiger partial charge on any atom is -0.370 e. The van der Waals surface area contributed by atoms with Gasteiger partial charge in [-0.1, -0.05) is 23.7 Å². The van der Waals surface area contributed by atoms with Crippen molar-refractivity contribution in [2.24, 2.45) is 27.2 Å². The Morgan fingerprint density at radius 3 is 2.34 bits per heavy atom. The number of nitrogens with two attached hydrogens (primary N) is 3. The number of alkyl halides is 3. The highest BCUT2D eigenvalue weighted by atomic mass is 35.5. The number of hydrogen-bond donors (Lipinski definition) is 4. The van der Waals surface area contributed by atoms with Gasteiger partial charge in [0, 0.05) is 11.3 Å². The summed E-state index contributed by atoms with van der Waals surface area (Å²) in [5.41, 5.74) is 14.2. The van der Waals surface area contributed by atoms with Gasteiger partial charge < -0.3 is 17.2 Å². The Kier molecular flexibility index (Phi) is 6.28. The molecule has 0 aliphatic heterocycles. The first-order chi connectivity index (χ1) is 13.3. The SMILES string of the molecule is CS(=O)(=O)Nc1cccc(-c2c(Cl)cc(N=C(N)N=C(N)N)cc2C(F)(F)F)c1. The molecule has 2 rings (SSSR count). The monoisotopic (exact) mass is 448 g/mol. The highest BCUT2D eigenvalue weighted by molar-refractivity contribution is 7.92. The molecule has 0 aromatic heterocycles. The first-order valence-electron chi connectivity index (χ1n) is 7.69. The maximum Gasteiger partial charge on any atom is 0.417 e. The lowest BCUT2D eigenvalue weighted by Crippen LogP contribution is -2.26. The van der Waals surface area contributed by atoms with E-state index in [1.165, 1.54) is 24.3 Å². The Bertz CT molecular complexity index is 1100. The fraction of sp³-hybridized carbons (Fsp3) is 0.125. The summed E-state index contributed by atoms with van der Waals surface area (Å²) in [5.74, 6) is -0.874. The molecule has 0 heterocycles. The smallest absolute Gasteiger partial charge is 0.370 e. The maximum atomic E-state index is 13.7. The Morgan fingerprint density at radius 1 is 1.14 bits per heavy atom. The van der Waals surface area contributed by atoms with Gasteiger partial charge in [0.15, 0.2) is 5.96 Å². The minimum atomic E-state index is -4.80. The third-order valence-electron chi connectivity index (χ3n) is 3.32. The largest absolute Gasteiger partial charge is 0.417 e. The molecular formula is C16H16ClF3N6O2S. The molecule has 0 amide bonds. The minimum absolute atomic E-state index is 0.0451. The number of nitrogens with zero attached hydrogens (tertiary/aromatic N) is 2. The first kappa shape index (κ1) is 22.3. The van der Waals surface area contributed by atoms with Crippen molar-refractivity contribution in [1.82, 2.24) is 0 Å². The summed E-state index contributed by atoms with van der Waals surface area (Å²) in [7, 11) is -3.62. The van der Waals surface area contributed by atoms with Gasteiger partial charge in [-0.05, 0) is 29.8 Å². The molecule has 2 aromatic carbocycles. The molecule has 156 valence electrons. The second kappa shape index (κ2) is 8.17. The van der Waals surface area contributed by atoms with E-state index in [0.717, 1.165) is 18.4 Å². The number of benzene rings is 2. The zero-order chi connectivity index (χ0) is 22.0. The number of anilines is 1. The van der Waals surface area contributed by atoms with E-state index < -0.39 is 33.7 Å². The van der Waals surface area contributed by atoms with Crippen LogP contribution < -0.4 is 21.9 Å². The van der Waals surface area contributed by atoms with Gasteiger partial charge >= 0.3 is 6.18 Å². The summed E-state index contributed by atoms with van der Waals surface area (Å²) in [6, 6.07) is 7.25. The summed E-state index contributed by atoms with van der Waals surface area (Å²) in [5, 5.41) is -0.285. The second-order valence-corrected chi connectivity index (χ2v) is 7.97. The number of aliphatic imine (C=N–C) groups is 2. The van der Waals surface area contributed by atoms with E-state index in [1.807, 2.05) is 0 Å². The number of hydrogen-bond acceptors (Lipinski definition) is 3. The molecule has 0 aliphatic rings. The van der Waals surface area contributed by atoms with E-state index in [0.29, 0.717) is 0 Å². The summed E-state index contributed by atoms with van der Waals surface area (Å²) < 4.78 is 66.1. The van der Waals surface area contributed by atoms with Gasteiger partial charge in [-0.3, -0.25) is 4.72 Å². The van der Waals surface area contributed by atoms with Crippen molar-refractivity contribution < 1.29 is 21.6 Å². The van der Waals surface area contributed by atoms with Crippen molar-refractivity contribution in [2.45, 2.75) is 6.18 Å².